The van der Waals surface area contributed by atoms with Gasteiger partial charge in [-0.25, -0.2) is 0 Å². The van der Waals surface area contributed by atoms with Gasteiger partial charge in [-0.15, -0.1) is 12.4 Å². The third-order valence-electron chi connectivity index (χ3n) is 4.66. The normalized spacial score (nSPS) is 23.9. The summed E-state index contributed by atoms with van der Waals surface area (Å²) >= 11 is 0. The molecule has 1 aromatic carbocycles. The number of ether oxygens (including phenoxy) is 1. The van der Waals surface area contributed by atoms with Gasteiger partial charge in [-0.05, 0) is 24.3 Å². The molecule has 1 aromatic rings. The second-order valence-corrected chi connectivity index (χ2v) is 6.10. The molecule has 2 aliphatic heterocycles. The zero-order valence-corrected chi connectivity index (χ0v) is 14.0. The average molecular weight is 341 g/mol. The highest BCUT2D eigenvalue weighted by Crippen LogP contribution is 2.30. The van der Waals surface area contributed by atoms with Crippen molar-refractivity contribution in [2.75, 3.05) is 32.8 Å². The van der Waals surface area contributed by atoms with Gasteiger partial charge in [-0.2, -0.15) is 0 Å². The van der Waals surface area contributed by atoms with Crippen molar-refractivity contribution >= 4 is 18.3 Å². The SMILES string of the molecule is Cl.O=C(C1COCCN1)N1CCC(C(O)c2ccccc2)CC1. The maximum Gasteiger partial charge on any atom is 0.242 e. The fourth-order valence-corrected chi connectivity index (χ4v) is 3.30. The standard InChI is InChI=1S/C17H24N2O3.ClH/c20-16(13-4-2-1-3-5-13)14-6-9-19(10-7-14)17(21)15-12-22-11-8-18-15;/h1-5,14-16,18,20H,6-12H2;1H. The summed E-state index contributed by atoms with van der Waals surface area (Å²) in [6, 6.07) is 9.58. The molecule has 2 heterocycles. The topological polar surface area (TPSA) is 61.8 Å². The smallest absolute Gasteiger partial charge is 0.242 e. The summed E-state index contributed by atoms with van der Waals surface area (Å²) in [7, 11) is 0. The molecule has 6 heteroatoms. The molecular weight excluding hydrogens is 316 g/mol. The van der Waals surface area contributed by atoms with Crippen LogP contribution in [0.4, 0.5) is 0 Å². The molecule has 1 amide bonds. The summed E-state index contributed by atoms with van der Waals surface area (Å²) < 4.78 is 5.36. The van der Waals surface area contributed by atoms with Gasteiger partial charge in [0.15, 0.2) is 0 Å². The van der Waals surface area contributed by atoms with Crippen LogP contribution < -0.4 is 5.32 Å². The molecule has 2 saturated heterocycles. The summed E-state index contributed by atoms with van der Waals surface area (Å²) in [5, 5.41) is 13.7. The minimum absolute atomic E-state index is 0. The summed E-state index contributed by atoms with van der Waals surface area (Å²) in [5.41, 5.74) is 0.967. The van der Waals surface area contributed by atoms with E-state index in [-0.39, 0.29) is 30.3 Å². The number of piperidine rings is 1. The Balaban J connectivity index is 0.00000192. The molecule has 0 bridgehead atoms. The molecule has 0 radical (unpaired) electrons. The molecule has 2 unspecified atom stereocenters. The van der Waals surface area contributed by atoms with Gasteiger partial charge in [0.05, 0.1) is 19.3 Å². The van der Waals surface area contributed by atoms with Gasteiger partial charge in [0.25, 0.3) is 0 Å². The largest absolute Gasteiger partial charge is 0.388 e. The van der Waals surface area contributed by atoms with Crippen LogP contribution in [0.15, 0.2) is 30.3 Å². The fourth-order valence-electron chi connectivity index (χ4n) is 3.30. The molecule has 0 aromatic heterocycles. The number of amides is 1. The molecule has 2 fully saturated rings. The minimum atomic E-state index is -0.436. The highest BCUT2D eigenvalue weighted by Gasteiger charge is 2.31. The number of nitrogens with one attached hydrogen (secondary N) is 1. The summed E-state index contributed by atoms with van der Waals surface area (Å²) in [6.07, 6.45) is 1.25. The molecule has 2 aliphatic rings. The lowest BCUT2D eigenvalue weighted by Crippen LogP contribution is -2.54. The summed E-state index contributed by atoms with van der Waals surface area (Å²) in [6.45, 7) is 3.30. The molecule has 2 atom stereocenters. The number of benzene rings is 1. The van der Waals surface area contributed by atoms with Crippen molar-refractivity contribution in [1.29, 1.82) is 0 Å². The minimum Gasteiger partial charge on any atom is -0.388 e. The number of hydrogen-bond acceptors (Lipinski definition) is 4. The van der Waals surface area contributed by atoms with Gasteiger partial charge < -0.3 is 20.1 Å². The number of rotatable bonds is 3. The first kappa shape index (κ1) is 18.2. The van der Waals surface area contributed by atoms with Crippen LogP contribution in [-0.2, 0) is 9.53 Å². The molecule has 23 heavy (non-hydrogen) atoms. The summed E-state index contributed by atoms with van der Waals surface area (Å²) in [4.78, 5) is 14.3. The van der Waals surface area contributed by atoms with Crippen LogP contribution in [0, 0.1) is 5.92 Å². The van der Waals surface area contributed by atoms with E-state index >= 15 is 0 Å². The number of aliphatic hydroxyl groups is 1. The van der Waals surface area contributed by atoms with Crippen molar-refractivity contribution in [2.45, 2.75) is 25.0 Å². The monoisotopic (exact) mass is 340 g/mol. The lowest BCUT2D eigenvalue weighted by Gasteiger charge is -2.37. The maximum absolute atomic E-state index is 12.4. The second-order valence-electron chi connectivity index (χ2n) is 6.10. The van der Waals surface area contributed by atoms with Gasteiger partial charge >= 0.3 is 0 Å². The molecule has 128 valence electrons. The predicted molar refractivity (Wildman–Crippen MR) is 90.6 cm³/mol. The quantitative estimate of drug-likeness (QED) is 0.872. The number of carbonyl (C=O) groups excluding carboxylic acids is 1. The average Bonchev–Trinajstić information content (AvgIpc) is 2.62. The van der Waals surface area contributed by atoms with Crippen molar-refractivity contribution in [1.82, 2.24) is 10.2 Å². The van der Waals surface area contributed by atoms with Gasteiger partial charge in [-0.1, -0.05) is 30.3 Å². The van der Waals surface area contributed by atoms with E-state index in [0.29, 0.717) is 26.3 Å². The zero-order valence-electron chi connectivity index (χ0n) is 13.2. The van der Waals surface area contributed by atoms with Crippen molar-refractivity contribution < 1.29 is 14.6 Å². The van der Waals surface area contributed by atoms with Crippen LogP contribution in [0.5, 0.6) is 0 Å². The Kier molecular flexibility index (Phi) is 6.84. The highest BCUT2D eigenvalue weighted by atomic mass is 35.5. The number of carbonyl (C=O) groups is 1. The van der Waals surface area contributed by atoms with E-state index < -0.39 is 6.10 Å². The molecule has 0 spiro atoms. The molecular formula is C17H25ClN2O3. The first-order valence-electron chi connectivity index (χ1n) is 8.08. The van der Waals surface area contributed by atoms with Crippen LogP contribution >= 0.6 is 12.4 Å². The van der Waals surface area contributed by atoms with Crippen LogP contribution in [-0.4, -0.2) is 54.8 Å². The number of halogens is 1. The van der Waals surface area contributed by atoms with E-state index in [1.54, 1.807) is 0 Å². The van der Waals surface area contributed by atoms with E-state index in [1.807, 2.05) is 35.2 Å². The van der Waals surface area contributed by atoms with Crippen molar-refractivity contribution in [3.05, 3.63) is 35.9 Å². The Labute approximate surface area is 143 Å². The fraction of sp³-hybridized carbons (Fsp3) is 0.588. The van der Waals surface area contributed by atoms with Crippen LogP contribution in [0.2, 0.25) is 0 Å². The molecule has 0 aliphatic carbocycles. The van der Waals surface area contributed by atoms with Gasteiger partial charge in [0.2, 0.25) is 5.91 Å². The summed E-state index contributed by atoms with van der Waals surface area (Å²) in [5.74, 6) is 0.356. The van der Waals surface area contributed by atoms with Crippen molar-refractivity contribution in [2.24, 2.45) is 5.92 Å². The van der Waals surface area contributed by atoms with Gasteiger partial charge in [-0.3, -0.25) is 4.79 Å². The third kappa shape index (κ3) is 4.44. The maximum atomic E-state index is 12.4. The molecule has 5 nitrogen and oxygen atoms in total. The molecule has 2 N–H and O–H groups in total. The van der Waals surface area contributed by atoms with E-state index in [4.69, 9.17) is 4.74 Å². The van der Waals surface area contributed by atoms with Crippen LogP contribution in [0.3, 0.4) is 0 Å². The second kappa shape index (κ2) is 8.64. The lowest BCUT2D eigenvalue weighted by atomic mass is 9.87. The third-order valence-corrected chi connectivity index (χ3v) is 4.66. The molecule has 0 saturated carbocycles. The molecule has 3 rings (SSSR count). The first-order valence-corrected chi connectivity index (χ1v) is 8.08. The lowest BCUT2D eigenvalue weighted by molar-refractivity contribution is -0.138. The number of nitrogens with zero attached hydrogens (tertiary/aromatic N) is 1. The van der Waals surface area contributed by atoms with Crippen molar-refractivity contribution in [3.63, 3.8) is 0 Å². The first-order chi connectivity index (χ1) is 10.8. The van der Waals surface area contributed by atoms with E-state index in [0.717, 1.165) is 24.9 Å². The number of likely N-dealkylation sites (tertiary alicyclic amines) is 1. The van der Waals surface area contributed by atoms with Crippen LogP contribution in [0.1, 0.15) is 24.5 Å². The van der Waals surface area contributed by atoms with Gasteiger partial charge in [0, 0.05) is 19.6 Å². The number of morpholine rings is 1. The predicted octanol–water partition coefficient (Wildman–Crippen LogP) is 1.37. The highest BCUT2D eigenvalue weighted by molar-refractivity contribution is 5.85. The van der Waals surface area contributed by atoms with Gasteiger partial charge in [0.1, 0.15) is 6.04 Å². The van der Waals surface area contributed by atoms with E-state index in [2.05, 4.69) is 5.32 Å². The Morgan fingerprint density at radius 3 is 2.57 bits per heavy atom. The zero-order chi connectivity index (χ0) is 15.4. The Morgan fingerprint density at radius 2 is 1.96 bits per heavy atom. The van der Waals surface area contributed by atoms with Crippen molar-refractivity contribution in [3.8, 4) is 0 Å². The number of hydrogen-bond donors (Lipinski definition) is 2. The Bertz CT molecular complexity index is 486. The number of aliphatic hydroxyl groups excluding tert-OH is 1. The van der Waals surface area contributed by atoms with E-state index in [1.165, 1.54) is 0 Å². The van der Waals surface area contributed by atoms with Crippen LogP contribution in [0.25, 0.3) is 0 Å². The van der Waals surface area contributed by atoms with E-state index in [9.17, 15) is 9.90 Å². The Morgan fingerprint density at radius 1 is 1.26 bits per heavy atom. The Hall–Kier alpha value is -1.14.